The maximum atomic E-state index is 6.22. The van der Waals surface area contributed by atoms with Gasteiger partial charge in [-0.2, -0.15) is 0 Å². The van der Waals surface area contributed by atoms with Crippen LogP contribution in [-0.2, 0) is 0 Å². The summed E-state index contributed by atoms with van der Waals surface area (Å²) >= 11 is 6.22. The first kappa shape index (κ1) is 22.8. The number of halogens is 2. The van der Waals surface area contributed by atoms with Crippen molar-refractivity contribution in [2.24, 2.45) is 16.6 Å². The van der Waals surface area contributed by atoms with Gasteiger partial charge >= 0.3 is 0 Å². The quantitative estimate of drug-likeness (QED) is 0.343. The first-order valence-electron chi connectivity index (χ1n) is 9.23. The van der Waals surface area contributed by atoms with Crippen molar-refractivity contribution in [3.8, 4) is 5.75 Å². The van der Waals surface area contributed by atoms with Crippen LogP contribution < -0.4 is 15.8 Å². The number of hydrogen-bond donors (Lipinski definition) is 2. The topological polar surface area (TPSA) is 62.9 Å². The molecule has 2 aromatic carbocycles. The number of ether oxygens (including phenoxy) is 1. The lowest BCUT2D eigenvalue weighted by atomic mass is 9.85. The van der Waals surface area contributed by atoms with Crippen molar-refractivity contribution in [3.63, 3.8) is 0 Å². The highest BCUT2D eigenvalue weighted by atomic mass is 127. The predicted octanol–water partition coefficient (Wildman–Crippen LogP) is 4.78. The number of hydrogen-bond acceptors (Lipinski definition) is 3. The molecule has 1 saturated heterocycles. The molecule has 0 saturated carbocycles. The molecule has 7 heteroatoms. The minimum Gasteiger partial charge on any atom is -0.497 e. The number of likely N-dealkylation sites (tertiary alicyclic amines) is 1. The van der Waals surface area contributed by atoms with E-state index < -0.39 is 0 Å². The Bertz CT molecular complexity index is 801. The Hall–Kier alpha value is -1.51. The average molecular weight is 515 g/mol. The highest BCUT2D eigenvalue weighted by Crippen LogP contribution is 2.36. The number of guanidine groups is 1. The van der Waals surface area contributed by atoms with E-state index in [9.17, 15) is 0 Å². The zero-order chi connectivity index (χ0) is 19.2. The van der Waals surface area contributed by atoms with Gasteiger partial charge in [-0.25, -0.2) is 0 Å². The number of rotatable bonds is 5. The highest BCUT2D eigenvalue weighted by molar-refractivity contribution is 14.0. The molecule has 5 nitrogen and oxygen atoms in total. The van der Waals surface area contributed by atoms with Crippen molar-refractivity contribution < 1.29 is 4.74 Å². The maximum absolute atomic E-state index is 6.22. The summed E-state index contributed by atoms with van der Waals surface area (Å²) in [7, 11) is 3.81. The van der Waals surface area contributed by atoms with E-state index >= 15 is 0 Å². The Morgan fingerprint density at radius 1 is 1.29 bits per heavy atom. The lowest BCUT2D eigenvalue weighted by molar-refractivity contribution is 0.125. The molecule has 0 radical (unpaired) electrons. The molecule has 28 heavy (non-hydrogen) atoms. The molecule has 0 bridgehead atoms. The zero-order valence-corrected chi connectivity index (χ0v) is 19.4. The standard InChI is InChI=1S/C21H27ClN4O.HI/c1-26-11-5-7-16(20(26)15-6-3-8-17(22)12-15)14-24-21(23)25-18-9-4-10-19(13-18)27-2;/h3-4,6,8-10,12-13,16,20H,5,7,11,14H2,1-2H3,(H3,23,24,25);1H. The lowest BCUT2D eigenvalue weighted by Crippen LogP contribution is -2.38. The van der Waals surface area contributed by atoms with Gasteiger partial charge in [-0.05, 0) is 62.2 Å². The average Bonchev–Trinajstić information content (AvgIpc) is 2.66. The van der Waals surface area contributed by atoms with Crippen molar-refractivity contribution in [3.05, 3.63) is 59.1 Å². The van der Waals surface area contributed by atoms with Crippen LogP contribution in [0.25, 0.3) is 0 Å². The smallest absolute Gasteiger partial charge is 0.193 e. The molecule has 2 unspecified atom stereocenters. The van der Waals surface area contributed by atoms with Crippen molar-refractivity contribution in [2.45, 2.75) is 18.9 Å². The predicted molar refractivity (Wildman–Crippen MR) is 128 cm³/mol. The second-order valence-electron chi connectivity index (χ2n) is 6.97. The Morgan fingerprint density at radius 3 is 2.82 bits per heavy atom. The molecule has 1 aliphatic rings. The Morgan fingerprint density at radius 2 is 2.07 bits per heavy atom. The van der Waals surface area contributed by atoms with Crippen LogP contribution in [0.5, 0.6) is 5.75 Å². The summed E-state index contributed by atoms with van der Waals surface area (Å²) in [5.74, 6) is 1.59. The van der Waals surface area contributed by atoms with Gasteiger partial charge in [-0.15, -0.1) is 24.0 Å². The number of piperidine rings is 1. The van der Waals surface area contributed by atoms with Gasteiger partial charge in [0.1, 0.15) is 5.75 Å². The third kappa shape index (κ3) is 5.99. The summed E-state index contributed by atoms with van der Waals surface area (Å²) in [6.07, 6.45) is 2.29. The van der Waals surface area contributed by atoms with E-state index in [1.807, 2.05) is 36.4 Å². The van der Waals surface area contributed by atoms with E-state index in [1.165, 1.54) is 5.56 Å². The molecule has 1 heterocycles. The third-order valence-electron chi connectivity index (χ3n) is 5.04. The van der Waals surface area contributed by atoms with Gasteiger partial charge in [0.05, 0.1) is 7.11 Å². The molecule has 1 aliphatic heterocycles. The maximum Gasteiger partial charge on any atom is 0.193 e. The van der Waals surface area contributed by atoms with Gasteiger partial charge in [0.15, 0.2) is 5.96 Å². The van der Waals surface area contributed by atoms with E-state index in [0.29, 0.717) is 24.5 Å². The van der Waals surface area contributed by atoms with Crippen LogP contribution in [0.15, 0.2) is 53.5 Å². The molecule has 0 aromatic heterocycles. The van der Waals surface area contributed by atoms with Crippen molar-refractivity contribution >= 4 is 47.2 Å². The van der Waals surface area contributed by atoms with Crippen LogP contribution >= 0.6 is 35.6 Å². The van der Waals surface area contributed by atoms with Gasteiger partial charge in [-0.3, -0.25) is 9.89 Å². The molecular formula is C21H28ClIN4O. The van der Waals surface area contributed by atoms with Crippen LogP contribution in [0, 0.1) is 5.92 Å². The Labute approximate surface area is 189 Å². The first-order chi connectivity index (χ1) is 13.1. The zero-order valence-electron chi connectivity index (χ0n) is 16.3. The van der Waals surface area contributed by atoms with Gasteiger partial charge in [0.25, 0.3) is 0 Å². The fraction of sp³-hybridized carbons (Fsp3) is 0.381. The van der Waals surface area contributed by atoms with Gasteiger partial charge in [0.2, 0.25) is 0 Å². The van der Waals surface area contributed by atoms with Crippen molar-refractivity contribution in [1.82, 2.24) is 4.90 Å². The van der Waals surface area contributed by atoms with Crippen LogP contribution in [0.2, 0.25) is 5.02 Å². The molecule has 152 valence electrons. The minimum absolute atomic E-state index is 0. The van der Waals surface area contributed by atoms with Gasteiger partial charge < -0.3 is 15.8 Å². The number of nitrogens with zero attached hydrogens (tertiary/aromatic N) is 2. The van der Waals surface area contributed by atoms with E-state index in [0.717, 1.165) is 35.8 Å². The molecule has 0 aliphatic carbocycles. The number of benzene rings is 2. The first-order valence-corrected chi connectivity index (χ1v) is 9.61. The second kappa shape index (κ2) is 10.9. The molecule has 2 atom stereocenters. The molecule has 1 fully saturated rings. The summed E-state index contributed by atoms with van der Waals surface area (Å²) in [6.45, 7) is 1.75. The van der Waals surface area contributed by atoms with Crippen molar-refractivity contribution in [1.29, 1.82) is 0 Å². The summed E-state index contributed by atoms with van der Waals surface area (Å²) < 4.78 is 5.24. The molecule has 0 spiro atoms. The largest absolute Gasteiger partial charge is 0.497 e. The fourth-order valence-corrected chi connectivity index (χ4v) is 3.97. The SMILES string of the molecule is COc1cccc(NC(N)=NCC2CCCN(C)C2c2cccc(Cl)c2)c1.I. The molecule has 3 rings (SSSR count). The fourth-order valence-electron chi connectivity index (χ4n) is 3.77. The number of aliphatic imine (C=N–C) groups is 1. The van der Waals surface area contributed by atoms with Crippen LogP contribution in [0.1, 0.15) is 24.4 Å². The van der Waals surface area contributed by atoms with E-state index in [4.69, 9.17) is 22.1 Å². The molecule has 3 N–H and O–H groups in total. The number of nitrogens with two attached hydrogens (primary N) is 1. The normalized spacial score (nSPS) is 20.3. The summed E-state index contributed by atoms with van der Waals surface area (Å²) in [5, 5.41) is 3.92. The van der Waals surface area contributed by atoms with Crippen LogP contribution in [0.3, 0.4) is 0 Å². The van der Waals surface area contributed by atoms with E-state index in [1.54, 1.807) is 7.11 Å². The van der Waals surface area contributed by atoms with Crippen molar-refractivity contribution in [2.75, 3.05) is 32.6 Å². The van der Waals surface area contributed by atoms with Gasteiger partial charge in [0, 0.05) is 29.4 Å². The molecular weight excluding hydrogens is 487 g/mol. The Balaban J connectivity index is 0.00000280. The molecule has 0 amide bonds. The summed E-state index contributed by atoms with van der Waals surface area (Å²) in [4.78, 5) is 7.00. The number of anilines is 1. The van der Waals surface area contributed by atoms with Crippen LogP contribution in [0.4, 0.5) is 5.69 Å². The highest BCUT2D eigenvalue weighted by Gasteiger charge is 2.30. The number of nitrogens with one attached hydrogen (secondary N) is 1. The summed E-state index contributed by atoms with van der Waals surface area (Å²) in [6, 6.07) is 16.1. The lowest BCUT2D eigenvalue weighted by Gasteiger charge is -2.39. The van der Waals surface area contributed by atoms with Crippen LogP contribution in [-0.4, -0.2) is 38.1 Å². The monoisotopic (exact) mass is 514 g/mol. The molecule has 2 aromatic rings. The van der Waals surface area contributed by atoms with E-state index in [-0.39, 0.29) is 24.0 Å². The Kier molecular flexibility index (Phi) is 8.85. The third-order valence-corrected chi connectivity index (χ3v) is 5.27. The number of methoxy groups -OCH3 is 1. The van der Waals surface area contributed by atoms with E-state index in [2.05, 4.69) is 34.4 Å². The summed E-state index contributed by atoms with van der Waals surface area (Å²) in [5.41, 5.74) is 8.22. The second-order valence-corrected chi connectivity index (χ2v) is 7.40. The minimum atomic E-state index is 0. The van der Waals surface area contributed by atoms with Gasteiger partial charge in [-0.1, -0.05) is 29.8 Å².